The molecule has 0 aliphatic carbocycles. The fourth-order valence-electron chi connectivity index (χ4n) is 1.77. The van der Waals surface area contributed by atoms with Crippen LogP contribution in [0, 0.1) is 0 Å². The van der Waals surface area contributed by atoms with Crippen LogP contribution in [0.4, 0.5) is 0 Å². The highest BCUT2D eigenvalue weighted by Gasteiger charge is 2.01. The Morgan fingerprint density at radius 3 is 2.53 bits per heavy atom. The second-order valence-corrected chi connectivity index (χ2v) is 5.22. The number of ketones is 1. The molecular formula is C17H15BrO. The van der Waals surface area contributed by atoms with Gasteiger partial charge in [0, 0.05) is 10.0 Å². The van der Waals surface area contributed by atoms with Gasteiger partial charge in [-0.3, -0.25) is 4.79 Å². The van der Waals surface area contributed by atoms with Gasteiger partial charge in [-0.1, -0.05) is 65.3 Å². The Balaban J connectivity index is 2.11. The quantitative estimate of drug-likeness (QED) is 0.579. The van der Waals surface area contributed by atoms with Gasteiger partial charge >= 0.3 is 0 Å². The van der Waals surface area contributed by atoms with Crippen molar-refractivity contribution in [1.29, 1.82) is 0 Å². The molecule has 2 aromatic carbocycles. The van der Waals surface area contributed by atoms with Gasteiger partial charge in [-0.05, 0) is 35.8 Å². The van der Waals surface area contributed by atoms with Crippen molar-refractivity contribution in [2.24, 2.45) is 0 Å². The first-order chi connectivity index (χ1) is 9.19. The molecule has 0 aliphatic heterocycles. The minimum absolute atomic E-state index is 0.0147. The van der Waals surface area contributed by atoms with Crippen molar-refractivity contribution < 1.29 is 4.79 Å². The van der Waals surface area contributed by atoms with Crippen LogP contribution in [-0.4, -0.2) is 5.78 Å². The zero-order chi connectivity index (χ0) is 13.7. The Bertz CT molecular complexity index is 597. The summed E-state index contributed by atoms with van der Waals surface area (Å²) < 4.78 is 0.916. The van der Waals surface area contributed by atoms with Gasteiger partial charge < -0.3 is 0 Å². The fraction of sp³-hybridized carbons (Fsp3) is 0.118. The molecule has 0 fully saturated rings. The SMILES string of the molecule is CCc1ccc(C=CC(=O)c2cccc(Br)c2)cc1. The summed E-state index contributed by atoms with van der Waals surface area (Å²) in [6.45, 7) is 2.13. The van der Waals surface area contributed by atoms with E-state index in [0.717, 1.165) is 16.5 Å². The monoisotopic (exact) mass is 314 g/mol. The topological polar surface area (TPSA) is 17.1 Å². The minimum Gasteiger partial charge on any atom is -0.289 e. The molecule has 2 heteroatoms. The normalized spacial score (nSPS) is 10.8. The van der Waals surface area contributed by atoms with Crippen LogP contribution in [0.25, 0.3) is 6.08 Å². The number of hydrogen-bond donors (Lipinski definition) is 0. The van der Waals surface area contributed by atoms with Crippen molar-refractivity contribution in [2.45, 2.75) is 13.3 Å². The van der Waals surface area contributed by atoms with E-state index in [1.54, 1.807) is 6.08 Å². The Hall–Kier alpha value is -1.67. The van der Waals surface area contributed by atoms with Gasteiger partial charge in [0.15, 0.2) is 5.78 Å². The van der Waals surface area contributed by atoms with Gasteiger partial charge in [0.2, 0.25) is 0 Å². The number of carbonyl (C=O) groups is 1. The third-order valence-electron chi connectivity index (χ3n) is 2.92. The lowest BCUT2D eigenvalue weighted by Gasteiger charge is -1.98. The second kappa shape index (κ2) is 6.48. The van der Waals surface area contributed by atoms with Crippen molar-refractivity contribution in [2.75, 3.05) is 0 Å². The zero-order valence-corrected chi connectivity index (χ0v) is 12.4. The van der Waals surface area contributed by atoms with Crippen LogP contribution in [0.2, 0.25) is 0 Å². The van der Waals surface area contributed by atoms with E-state index in [9.17, 15) is 4.79 Å². The highest BCUT2D eigenvalue weighted by Crippen LogP contribution is 2.13. The average Bonchev–Trinajstić information content (AvgIpc) is 2.45. The molecule has 0 spiro atoms. The summed E-state index contributed by atoms with van der Waals surface area (Å²) in [6.07, 6.45) is 4.49. The number of rotatable bonds is 4. The van der Waals surface area contributed by atoms with Crippen LogP contribution in [0.5, 0.6) is 0 Å². The van der Waals surface area contributed by atoms with Gasteiger partial charge in [0.25, 0.3) is 0 Å². The molecule has 0 bridgehead atoms. The summed E-state index contributed by atoms with van der Waals surface area (Å²) in [6, 6.07) is 15.6. The van der Waals surface area contributed by atoms with E-state index in [-0.39, 0.29) is 5.78 Å². The number of benzene rings is 2. The third kappa shape index (κ3) is 3.90. The molecule has 2 aromatic rings. The van der Waals surface area contributed by atoms with Crippen molar-refractivity contribution in [3.63, 3.8) is 0 Å². The molecule has 0 unspecified atom stereocenters. The summed E-state index contributed by atoms with van der Waals surface area (Å²) in [7, 11) is 0. The predicted molar refractivity (Wildman–Crippen MR) is 83.3 cm³/mol. The van der Waals surface area contributed by atoms with Gasteiger partial charge in [-0.15, -0.1) is 0 Å². The summed E-state index contributed by atoms with van der Waals surface area (Å²) >= 11 is 3.37. The number of allylic oxidation sites excluding steroid dienone is 1. The molecule has 0 N–H and O–H groups in total. The van der Waals surface area contributed by atoms with E-state index in [0.29, 0.717) is 5.56 Å². The van der Waals surface area contributed by atoms with E-state index >= 15 is 0 Å². The molecule has 0 aromatic heterocycles. The first-order valence-electron chi connectivity index (χ1n) is 6.26. The number of hydrogen-bond acceptors (Lipinski definition) is 1. The Labute approximate surface area is 122 Å². The number of halogens is 1. The molecule has 0 aliphatic rings. The summed E-state index contributed by atoms with van der Waals surface area (Å²) in [5.74, 6) is 0.0147. The first kappa shape index (κ1) is 13.8. The average molecular weight is 315 g/mol. The highest BCUT2D eigenvalue weighted by atomic mass is 79.9. The number of carbonyl (C=O) groups excluding carboxylic acids is 1. The van der Waals surface area contributed by atoms with Crippen molar-refractivity contribution in [3.8, 4) is 0 Å². The molecule has 0 saturated carbocycles. The summed E-state index contributed by atoms with van der Waals surface area (Å²) in [4.78, 5) is 12.0. The summed E-state index contributed by atoms with van der Waals surface area (Å²) in [5.41, 5.74) is 3.03. The summed E-state index contributed by atoms with van der Waals surface area (Å²) in [5, 5.41) is 0. The molecule has 19 heavy (non-hydrogen) atoms. The van der Waals surface area contributed by atoms with E-state index in [4.69, 9.17) is 0 Å². The van der Waals surface area contributed by atoms with Crippen LogP contribution in [0.3, 0.4) is 0 Å². The second-order valence-electron chi connectivity index (χ2n) is 4.30. The molecule has 1 nitrogen and oxygen atoms in total. The van der Waals surface area contributed by atoms with E-state index in [2.05, 4.69) is 35.0 Å². The molecule has 0 saturated heterocycles. The van der Waals surface area contributed by atoms with Crippen LogP contribution >= 0.6 is 15.9 Å². The third-order valence-corrected chi connectivity index (χ3v) is 3.42. The molecule has 96 valence electrons. The van der Waals surface area contributed by atoms with E-state index < -0.39 is 0 Å². The predicted octanol–water partition coefficient (Wildman–Crippen LogP) is 4.91. The van der Waals surface area contributed by atoms with Crippen LogP contribution in [-0.2, 0) is 6.42 Å². The highest BCUT2D eigenvalue weighted by molar-refractivity contribution is 9.10. The van der Waals surface area contributed by atoms with Crippen LogP contribution in [0.1, 0.15) is 28.4 Å². The molecule has 0 amide bonds. The zero-order valence-electron chi connectivity index (χ0n) is 10.8. The smallest absolute Gasteiger partial charge is 0.185 e. The minimum atomic E-state index is 0.0147. The fourth-order valence-corrected chi connectivity index (χ4v) is 2.17. The largest absolute Gasteiger partial charge is 0.289 e. The maximum Gasteiger partial charge on any atom is 0.185 e. The molecule has 0 atom stereocenters. The van der Waals surface area contributed by atoms with Crippen LogP contribution < -0.4 is 0 Å². The van der Waals surface area contributed by atoms with Gasteiger partial charge in [-0.2, -0.15) is 0 Å². The lowest BCUT2D eigenvalue weighted by molar-refractivity contribution is 0.104. The maximum atomic E-state index is 12.0. The molecule has 2 rings (SSSR count). The van der Waals surface area contributed by atoms with Crippen LogP contribution in [0.15, 0.2) is 59.1 Å². The molecular weight excluding hydrogens is 300 g/mol. The number of aryl methyl sites for hydroxylation is 1. The molecule has 0 radical (unpaired) electrons. The lowest BCUT2D eigenvalue weighted by atomic mass is 10.1. The molecule has 0 heterocycles. The van der Waals surface area contributed by atoms with E-state index in [1.807, 2.05) is 42.5 Å². The Morgan fingerprint density at radius 2 is 1.89 bits per heavy atom. The van der Waals surface area contributed by atoms with Gasteiger partial charge in [0.1, 0.15) is 0 Å². The standard InChI is InChI=1S/C17H15BrO/c1-2-13-6-8-14(9-7-13)10-11-17(19)15-4-3-5-16(18)12-15/h3-12H,2H2,1H3. The van der Waals surface area contributed by atoms with Gasteiger partial charge in [-0.25, -0.2) is 0 Å². The lowest BCUT2D eigenvalue weighted by Crippen LogP contribution is -1.93. The van der Waals surface area contributed by atoms with Gasteiger partial charge in [0.05, 0.1) is 0 Å². The maximum absolute atomic E-state index is 12.0. The Kier molecular flexibility index (Phi) is 4.69. The Morgan fingerprint density at radius 1 is 1.16 bits per heavy atom. The first-order valence-corrected chi connectivity index (χ1v) is 7.05. The van der Waals surface area contributed by atoms with Crippen molar-refractivity contribution >= 4 is 27.8 Å². The van der Waals surface area contributed by atoms with E-state index in [1.165, 1.54) is 5.56 Å². The van der Waals surface area contributed by atoms with Crippen molar-refractivity contribution in [3.05, 3.63) is 75.8 Å². The van der Waals surface area contributed by atoms with Crippen molar-refractivity contribution in [1.82, 2.24) is 0 Å².